The van der Waals surface area contributed by atoms with Gasteiger partial charge in [0.25, 0.3) is 0 Å². The van der Waals surface area contributed by atoms with Gasteiger partial charge in [-0.2, -0.15) is 0 Å². The van der Waals surface area contributed by atoms with Crippen molar-refractivity contribution in [2.45, 2.75) is 316 Å². The fraction of sp³-hybridized carbons (Fsp3) is 0.847. The number of unbranched alkanes of at least 4 members (excludes halogenated alkanes) is 33. The number of ketones is 1. The van der Waals surface area contributed by atoms with E-state index in [0.29, 0.717) is 38.5 Å². The van der Waals surface area contributed by atoms with E-state index in [1.165, 1.54) is 186 Å². The molecule has 0 aromatic rings. The maximum atomic E-state index is 12.9. The number of esters is 2. The number of rotatable bonds is 52. The first-order valence-corrected chi connectivity index (χ1v) is 28.3. The molecule has 0 aromatic heterocycles. The molecule has 5 nitrogen and oxygen atoms in total. The lowest BCUT2D eigenvalue weighted by molar-refractivity contribution is -0.159. The molecule has 0 aliphatic rings. The Hall–Kier alpha value is -2.17. The van der Waals surface area contributed by atoms with Crippen molar-refractivity contribution in [3.63, 3.8) is 0 Å². The molecule has 0 amide bonds. The van der Waals surface area contributed by atoms with E-state index in [9.17, 15) is 14.4 Å². The predicted octanol–water partition coefficient (Wildman–Crippen LogP) is 19.3. The number of carbonyl (C=O) groups excluding carboxylic acids is 3. The molecule has 0 bridgehead atoms. The summed E-state index contributed by atoms with van der Waals surface area (Å²) < 4.78 is 11.5. The molecule has 0 aliphatic heterocycles. The largest absolute Gasteiger partial charge is 0.462 e. The highest BCUT2D eigenvalue weighted by Gasteiger charge is 2.18. The van der Waals surface area contributed by atoms with Crippen LogP contribution in [0.2, 0.25) is 0 Å². The van der Waals surface area contributed by atoms with Gasteiger partial charge in [-0.3, -0.25) is 14.4 Å². The Morgan fingerprint density at radius 3 is 0.969 bits per heavy atom. The van der Waals surface area contributed by atoms with Crippen LogP contribution in [0.3, 0.4) is 0 Å². The molecular formula is C59H108O5. The molecule has 0 saturated carbocycles. The van der Waals surface area contributed by atoms with Crippen LogP contribution in [0.5, 0.6) is 0 Å². The second-order valence-electron chi connectivity index (χ2n) is 19.2. The molecule has 1 unspecified atom stereocenters. The molecule has 0 fully saturated rings. The van der Waals surface area contributed by atoms with Gasteiger partial charge in [0.15, 0.2) is 0 Å². The minimum atomic E-state index is -0.485. The summed E-state index contributed by atoms with van der Waals surface area (Å²) in [5.41, 5.74) is 0. The maximum absolute atomic E-state index is 12.9. The van der Waals surface area contributed by atoms with E-state index >= 15 is 0 Å². The molecular weight excluding hydrogens is 789 g/mol. The Kier molecular flexibility index (Phi) is 51.6. The second-order valence-corrected chi connectivity index (χ2v) is 19.2. The van der Waals surface area contributed by atoms with E-state index < -0.39 is 6.10 Å². The summed E-state index contributed by atoms with van der Waals surface area (Å²) in [6.45, 7) is 6.89. The van der Waals surface area contributed by atoms with Crippen LogP contribution < -0.4 is 0 Å². The Balaban J connectivity index is 4.38. The lowest BCUT2D eigenvalue weighted by atomic mass is 10.0. The first-order valence-electron chi connectivity index (χ1n) is 28.3. The molecule has 0 rings (SSSR count). The molecule has 374 valence electrons. The predicted molar refractivity (Wildman–Crippen MR) is 278 cm³/mol. The van der Waals surface area contributed by atoms with Crippen LogP contribution in [0.4, 0.5) is 0 Å². The fourth-order valence-corrected chi connectivity index (χ4v) is 8.40. The number of ether oxygens (including phenoxy) is 2. The van der Waals surface area contributed by atoms with Gasteiger partial charge in [-0.05, 0) is 109 Å². The van der Waals surface area contributed by atoms with Crippen LogP contribution in [0, 0.1) is 0 Å². The summed E-state index contributed by atoms with van der Waals surface area (Å²) in [7, 11) is 0. The number of Topliss-reactive ketones (excluding diaryl/α,β-unsaturated/α-hetero) is 1. The van der Waals surface area contributed by atoms with Crippen molar-refractivity contribution >= 4 is 17.7 Å². The zero-order valence-corrected chi connectivity index (χ0v) is 43.1. The van der Waals surface area contributed by atoms with Gasteiger partial charge in [-0.25, -0.2) is 0 Å². The zero-order chi connectivity index (χ0) is 46.5. The van der Waals surface area contributed by atoms with E-state index in [-0.39, 0.29) is 24.3 Å². The highest BCUT2D eigenvalue weighted by molar-refractivity contribution is 5.78. The Morgan fingerprint density at radius 1 is 0.328 bits per heavy atom. The second kappa shape index (κ2) is 53.4. The summed E-state index contributed by atoms with van der Waals surface area (Å²) >= 11 is 0. The molecule has 1 atom stereocenters. The Bertz CT molecular complexity index is 1080. The first kappa shape index (κ1) is 61.8. The first-order chi connectivity index (χ1) is 31.5. The summed E-state index contributed by atoms with van der Waals surface area (Å²) in [5.74, 6) is -0.135. The summed E-state index contributed by atoms with van der Waals surface area (Å²) in [6.07, 6.45) is 64.8. The van der Waals surface area contributed by atoms with Gasteiger partial charge in [0.1, 0.15) is 18.5 Å². The van der Waals surface area contributed by atoms with Crippen LogP contribution in [0.15, 0.2) is 36.5 Å². The monoisotopic (exact) mass is 897 g/mol. The highest BCUT2D eigenvalue weighted by atomic mass is 16.6. The van der Waals surface area contributed by atoms with Gasteiger partial charge in [0, 0.05) is 25.7 Å². The van der Waals surface area contributed by atoms with Crippen molar-refractivity contribution in [1.29, 1.82) is 0 Å². The fourth-order valence-electron chi connectivity index (χ4n) is 8.40. The lowest BCUT2D eigenvalue weighted by Crippen LogP contribution is -2.25. The van der Waals surface area contributed by atoms with Gasteiger partial charge in [-0.1, -0.05) is 211 Å². The minimum absolute atomic E-state index is 0.0877. The average Bonchev–Trinajstić information content (AvgIpc) is 3.29. The quantitative estimate of drug-likeness (QED) is 0.0346. The molecule has 5 heteroatoms. The molecule has 0 N–H and O–H groups in total. The number of hydrogen-bond donors (Lipinski definition) is 0. The third kappa shape index (κ3) is 50.8. The maximum Gasteiger partial charge on any atom is 0.306 e. The summed E-state index contributed by atoms with van der Waals surface area (Å²) in [6, 6.07) is 0. The van der Waals surface area contributed by atoms with Crippen molar-refractivity contribution in [3.05, 3.63) is 36.5 Å². The topological polar surface area (TPSA) is 69.7 Å². The van der Waals surface area contributed by atoms with Crippen LogP contribution in [0.25, 0.3) is 0 Å². The van der Waals surface area contributed by atoms with Gasteiger partial charge < -0.3 is 9.47 Å². The van der Waals surface area contributed by atoms with Crippen LogP contribution in [-0.2, 0) is 23.9 Å². The van der Waals surface area contributed by atoms with Crippen LogP contribution in [-0.4, -0.2) is 30.4 Å². The summed E-state index contributed by atoms with van der Waals surface area (Å²) in [5, 5.41) is 0. The minimum Gasteiger partial charge on any atom is -0.462 e. The van der Waals surface area contributed by atoms with Crippen molar-refractivity contribution in [1.82, 2.24) is 0 Å². The van der Waals surface area contributed by atoms with Crippen molar-refractivity contribution in [2.24, 2.45) is 0 Å². The normalized spacial score (nSPS) is 12.3. The molecule has 64 heavy (non-hydrogen) atoms. The molecule has 0 aliphatic carbocycles. The zero-order valence-electron chi connectivity index (χ0n) is 43.1. The molecule has 0 heterocycles. The number of hydrogen-bond acceptors (Lipinski definition) is 5. The third-order valence-electron chi connectivity index (χ3n) is 12.7. The van der Waals surface area contributed by atoms with E-state index in [1.54, 1.807) is 0 Å². The Morgan fingerprint density at radius 2 is 0.609 bits per heavy atom. The third-order valence-corrected chi connectivity index (χ3v) is 12.7. The van der Waals surface area contributed by atoms with Crippen LogP contribution >= 0.6 is 0 Å². The Labute approximate surface area is 399 Å². The lowest BCUT2D eigenvalue weighted by Gasteiger charge is -2.18. The van der Waals surface area contributed by atoms with E-state index in [0.717, 1.165) is 64.2 Å². The van der Waals surface area contributed by atoms with Crippen molar-refractivity contribution < 1.29 is 23.9 Å². The standard InChI is InChI=1S/C59H108O5/c1-4-7-10-13-16-19-22-25-28-31-34-37-40-43-46-50-56(60)51-49-52-57(64-59(62)54-48-45-42-39-36-33-30-27-24-21-18-15-12-9-6-3)55-63-58(61)53-47-44-41-38-35-32-29-26-23-20-17-14-11-8-5-2/h25-30,57H,4-24,31-55H2,1-3H3/b28-25-,29-26-,30-27-. The number of carbonyl (C=O) groups is 3. The summed E-state index contributed by atoms with van der Waals surface area (Å²) in [4.78, 5) is 38.3. The van der Waals surface area contributed by atoms with E-state index in [1.807, 2.05) is 0 Å². The number of allylic oxidation sites excluding steroid dienone is 6. The SMILES string of the molecule is CCCCCCCC/C=C\CCCCCCCC(=O)CCCC(COC(=O)CCCCCCC/C=C\CCCCCCCC)OC(=O)CCCCCCC/C=C\CCCCCCCC. The van der Waals surface area contributed by atoms with Crippen molar-refractivity contribution in [3.8, 4) is 0 Å². The van der Waals surface area contributed by atoms with Gasteiger partial charge in [0.05, 0.1) is 0 Å². The van der Waals surface area contributed by atoms with Gasteiger partial charge in [0.2, 0.25) is 0 Å². The highest BCUT2D eigenvalue weighted by Crippen LogP contribution is 2.16. The smallest absolute Gasteiger partial charge is 0.306 e. The molecule has 0 spiro atoms. The average molecular weight is 898 g/mol. The van der Waals surface area contributed by atoms with Gasteiger partial charge in [-0.15, -0.1) is 0 Å². The molecule has 0 aromatic carbocycles. The molecule has 0 radical (unpaired) electrons. The van der Waals surface area contributed by atoms with E-state index in [2.05, 4.69) is 57.2 Å². The van der Waals surface area contributed by atoms with E-state index in [4.69, 9.17) is 9.47 Å². The van der Waals surface area contributed by atoms with Gasteiger partial charge >= 0.3 is 11.9 Å². The van der Waals surface area contributed by atoms with Crippen LogP contribution in [0.1, 0.15) is 310 Å². The molecule has 0 saturated heterocycles. The van der Waals surface area contributed by atoms with Crippen molar-refractivity contribution in [2.75, 3.05) is 6.61 Å².